The van der Waals surface area contributed by atoms with Gasteiger partial charge in [0, 0.05) is 30.6 Å². The molecule has 2 rings (SSSR count). The van der Waals surface area contributed by atoms with Gasteiger partial charge in [0.15, 0.2) is 0 Å². The minimum atomic E-state index is -0.225. The van der Waals surface area contributed by atoms with Crippen molar-refractivity contribution in [2.24, 2.45) is 0 Å². The van der Waals surface area contributed by atoms with E-state index in [1.165, 1.54) is 0 Å². The van der Waals surface area contributed by atoms with Crippen LogP contribution in [0.4, 0.5) is 4.79 Å². The lowest BCUT2D eigenvalue weighted by Gasteiger charge is -2.21. The zero-order valence-electron chi connectivity index (χ0n) is 12.9. The maximum Gasteiger partial charge on any atom is 0.315 e. The molecule has 1 fully saturated rings. The SMILES string of the molecule is CC(C)N1CC(NC(=O)NCCc2ccc(Cl)cc2)CC1=O. The van der Waals surface area contributed by atoms with Crippen LogP contribution in [0.1, 0.15) is 25.8 Å². The number of urea groups is 1. The van der Waals surface area contributed by atoms with E-state index in [1.807, 2.05) is 38.1 Å². The van der Waals surface area contributed by atoms with Crippen LogP contribution in [0, 0.1) is 0 Å². The van der Waals surface area contributed by atoms with Crippen LogP contribution in [0.25, 0.3) is 0 Å². The van der Waals surface area contributed by atoms with Crippen molar-refractivity contribution in [1.82, 2.24) is 15.5 Å². The molecule has 0 radical (unpaired) electrons. The summed E-state index contributed by atoms with van der Waals surface area (Å²) >= 11 is 5.83. The maximum absolute atomic E-state index is 11.9. The standard InChI is InChI=1S/C16H22ClN3O2/c1-11(2)20-10-14(9-15(20)21)19-16(22)18-8-7-12-3-5-13(17)6-4-12/h3-6,11,14H,7-10H2,1-2H3,(H2,18,19,22). The van der Waals surface area contributed by atoms with Crippen LogP contribution in [0.2, 0.25) is 5.02 Å². The molecule has 3 amide bonds. The molecule has 0 aromatic heterocycles. The fourth-order valence-corrected chi connectivity index (χ4v) is 2.66. The van der Waals surface area contributed by atoms with E-state index in [1.54, 1.807) is 4.90 Å². The lowest BCUT2D eigenvalue weighted by molar-refractivity contribution is -0.129. The van der Waals surface area contributed by atoms with Crippen molar-refractivity contribution in [3.8, 4) is 0 Å². The summed E-state index contributed by atoms with van der Waals surface area (Å²) in [7, 11) is 0. The molecular weight excluding hydrogens is 302 g/mol. The molecule has 1 saturated heterocycles. The van der Waals surface area contributed by atoms with Gasteiger partial charge >= 0.3 is 6.03 Å². The molecule has 0 spiro atoms. The fraction of sp³-hybridized carbons (Fsp3) is 0.500. The molecule has 1 unspecified atom stereocenters. The first-order valence-corrected chi connectivity index (χ1v) is 7.92. The highest BCUT2D eigenvalue weighted by molar-refractivity contribution is 6.30. The number of carbonyl (C=O) groups excluding carboxylic acids is 2. The number of carbonyl (C=O) groups is 2. The number of benzene rings is 1. The number of nitrogens with one attached hydrogen (secondary N) is 2. The highest BCUT2D eigenvalue weighted by Crippen LogP contribution is 2.14. The Hall–Kier alpha value is -1.75. The topological polar surface area (TPSA) is 61.4 Å². The Morgan fingerprint density at radius 2 is 2.05 bits per heavy atom. The quantitative estimate of drug-likeness (QED) is 0.872. The molecule has 0 aliphatic carbocycles. The number of rotatable bonds is 5. The van der Waals surface area contributed by atoms with Crippen LogP contribution in [0.5, 0.6) is 0 Å². The zero-order chi connectivity index (χ0) is 16.1. The van der Waals surface area contributed by atoms with E-state index in [2.05, 4.69) is 10.6 Å². The Labute approximate surface area is 136 Å². The third kappa shape index (κ3) is 4.63. The predicted octanol–water partition coefficient (Wildman–Crippen LogP) is 2.19. The second kappa shape index (κ2) is 7.49. The molecule has 22 heavy (non-hydrogen) atoms. The van der Waals surface area contributed by atoms with Crippen molar-refractivity contribution < 1.29 is 9.59 Å². The van der Waals surface area contributed by atoms with Crippen molar-refractivity contribution >= 4 is 23.5 Å². The number of hydrogen-bond donors (Lipinski definition) is 2. The smallest absolute Gasteiger partial charge is 0.315 e. The molecule has 1 heterocycles. The molecule has 5 nitrogen and oxygen atoms in total. The summed E-state index contributed by atoms with van der Waals surface area (Å²) in [4.78, 5) is 25.4. The Morgan fingerprint density at radius 1 is 1.36 bits per heavy atom. The molecular formula is C16H22ClN3O2. The molecule has 0 bridgehead atoms. The van der Waals surface area contributed by atoms with Gasteiger partial charge in [0.25, 0.3) is 0 Å². The van der Waals surface area contributed by atoms with Crippen LogP contribution in [0.3, 0.4) is 0 Å². The summed E-state index contributed by atoms with van der Waals surface area (Å²) in [6.45, 7) is 5.09. The number of likely N-dealkylation sites (tertiary alicyclic amines) is 1. The second-order valence-electron chi connectivity index (χ2n) is 5.82. The van der Waals surface area contributed by atoms with Gasteiger partial charge in [0.05, 0.1) is 6.04 Å². The van der Waals surface area contributed by atoms with Gasteiger partial charge in [-0.05, 0) is 38.0 Å². The summed E-state index contributed by atoms with van der Waals surface area (Å²) in [5.74, 6) is 0.0986. The number of amides is 3. The Kier molecular flexibility index (Phi) is 5.66. The van der Waals surface area contributed by atoms with E-state index in [0.717, 1.165) is 12.0 Å². The Morgan fingerprint density at radius 3 is 2.64 bits per heavy atom. The number of nitrogens with zero attached hydrogens (tertiary/aromatic N) is 1. The van der Waals surface area contributed by atoms with Gasteiger partial charge < -0.3 is 15.5 Å². The molecule has 0 saturated carbocycles. The maximum atomic E-state index is 11.9. The van der Waals surface area contributed by atoms with E-state index < -0.39 is 0 Å². The number of hydrogen-bond acceptors (Lipinski definition) is 2. The van der Waals surface area contributed by atoms with E-state index in [9.17, 15) is 9.59 Å². The molecule has 120 valence electrons. The third-order valence-electron chi connectivity index (χ3n) is 3.73. The zero-order valence-corrected chi connectivity index (χ0v) is 13.7. The summed E-state index contributed by atoms with van der Waals surface area (Å²) in [5, 5.41) is 6.38. The minimum absolute atomic E-state index is 0.0986. The summed E-state index contributed by atoms with van der Waals surface area (Å²) < 4.78 is 0. The molecule has 6 heteroatoms. The van der Waals surface area contributed by atoms with Crippen LogP contribution in [-0.2, 0) is 11.2 Å². The van der Waals surface area contributed by atoms with E-state index >= 15 is 0 Å². The van der Waals surface area contributed by atoms with Crippen LogP contribution >= 0.6 is 11.6 Å². The molecule has 2 N–H and O–H groups in total. The first-order valence-electron chi connectivity index (χ1n) is 7.54. The van der Waals surface area contributed by atoms with Gasteiger partial charge in [-0.1, -0.05) is 23.7 Å². The van der Waals surface area contributed by atoms with Crippen molar-refractivity contribution in [2.45, 2.75) is 38.8 Å². The fourth-order valence-electron chi connectivity index (χ4n) is 2.54. The lowest BCUT2D eigenvalue weighted by atomic mass is 10.1. The first-order chi connectivity index (χ1) is 10.5. The first kappa shape index (κ1) is 16.6. The molecule has 1 aromatic carbocycles. The summed E-state index contributed by atoms with van der Waals surface area (Å²) in [6, 6.07) is 7.40. The van der Waals surface area contributed by atoms with Gasteiger partial charge in [-0.2, -0.15) is 0 Å². The highest BCUT2D eigenvalue weighted by Gasteiger charge is 2.31. The van der Waals surface area contributed by atoms with Crippen LogP contribution in [0.15, 0.2) is 24.3 Å². The highest BCUT2D eigenvalue weighted by atomic mass is 35.5. The average molecular weight is 324 g/mol. The van der Waals surface area contributed by atoms with Crippen molar-refractivity contribution in [2.75, 3.05) is 13.1 Å². The monoisotopic (exact) mass is 323 g/mol. The Bertz CT molecular complexity index is 531. The summed E-state index contributed by atoms with van der Waals surface area (Å²) in [6.07, 6.45) is 1.12. The van der Waals surface area contributed by atoms with Crippen molar-refractivity contribution in [3.05, 3.63) is 34.9 Å². The van der Waals surface area contributed by atoms with Gasteiger partial charge in [-0.15, -0.1) is 0 Å². The van der Waals surface area contributed by atoms with Crippen LogP contribution < -0.4 is 10.6 Å². The van der Waals surface area contributed by atoms with Gasteiger partial charge in [-0.3, -0.25) is 4.79 Å². The summed E-state index contributed by atoms with van der Waals surface area (Å²) in [5.41, 5.74) is 1.12. The normalized spacial score (nSPS) is 17.9. The lowest BCUT2D eigenvalue weighted by Crippen LogP contribution is -2.44. The van der Waals surface area contributed by atoms with Gasteiger partial charge in [0.2, 0.25) is 5.91 Å². The minimum Gasteiger partial charge on any atom is -0.338 e. The molecule has 1 atom stereocenters. The molecule has 1 aromatic rings. The molecule has 1 aliphatic heterocycles. The van der Waals surface area contributed by atoms with Gasteiger partial charge in [-0.25, -0.2) is 4.79 Å². The van der Waals surface area contributed by atoms with E-state index in [4.69, 9.17) is 11.6 Å². The van der Waals surface area contributed by atoms with Gasteiger partial charge in [0.1, 0.15) is 0 Å². The van der Waals surface area contributed by atoms with E-state index in [-0.39, 0.29) is 24.0 Å². The van der Waals surface area contributed by atoms with E-state index in [0.29, 0.717) is 24.5 Å². The van der Waals surface area contributed by atoms with Crippen molar-refractivity contribution in [1.29, 1.82) is 0 Å². The second-order valence-corrected chi connectivity index (χ2v) is 6.25. The van der Waals surface area contributed by atoms with Crippen LogP contribution in [-0.4, -0.2) is 42.0 Å². The predicted molar refractivity (Wildman–Crippen MR) is 86.9 cm³/mol. The molecule has 1 aliphatic rings. The largest absolute Gasteiger partial charge is 0.338 e. The third-order valence-corrected chi connectivity index (χ3v) is 3.98. The average Bonchev–Trinajstić information content (AvgIpc) is 2.82. The number of halogens is 1. The Balaban J connectivity index is 1.70. The van der Waals surface area contributed by atoms with Crippen molar-refractivity contribution in [3.63, 3.8) is 0 Å².